The predicted octanol–water partition coefficient (Wildman–Crippen LogP) is 3.50. The smallest absolute Gasteiger partial charge is 0.341 e. The normalized spacial score (nSPS) is 15.9. The maximum absolute atomic E-state index is 13.7. The number of hydrogen-bond donors (Lipinski definition) is 0. The maximum atomic E-state index is 13.7. The van der Waals surface area contributed by atoms with Gasteiger partial charge in [-0.2, -0.15) is 0 Å². The van der Waals surface area contributed by atoms with Gasteiger partial charge < -0.3 is 19.1 Å². The minimum atomic E-state index is -1.04. The monoisotopic (exact) mass is 405 g/mol. The number of carbonyl (C=O) groups excluding carboxylic acids is 2. The lowest BCUT2D eigenvalue weighted by molar-refractivity contribution is -0.135. The van der Waals surface area contributed by atoms with E-state index in [1.165, 1.54) is 0 Å². The molecule has 1 aliphatic heterocycles. The van der Waals surface area contributed by atoms with Gasteiger partial charge in [-0.05, 0) is 43.2 Å². The summed E-state index contributed by atoms with van der Waals surface area (Å²) in [6.45, 7) is -0.0508. The van der Waals surface area contributed by atoms with Crippen LogP contribution in [0.1, 0.15) is 34.8 Å². The Kier molecular flexibility index (Phi) is 6.31. The Morgan fingerprint density at radius 3 is 2.59 bits per heavy atom. The molecule has 2 aromatic carbocycles. The molecule has 0 aromatic heterocycles. The van der Waals surface area contributed by atoms with E-state index in [0.717, 1.165) is 30.5 Å². The number of amides is 1. The van der Waals surface area contributed by atoms with Gasteiger partial charge in [-0.1, -0.05) is 0 Å². The van der Waals surface area contributed by atoms with Gasteiger partial charge in [0.15, 0.2) is 6.61 Å². The molecule has 2 aromatic rings. The highest BCUT2D eigenvalue weighted by molar-refractivity contribution is 5.91. The fourth-order valence-corrected chi connectivity index (χ4v) is 3.43. The van der Waals surface area contributed by atoms with Crippen LogP contribution in [0.5, 0.6) is 11.5 Å². The van der Waals surface area contributed by atoms with Crippen molar-refractivity contribution < 1.29 is 32.6 Å². The number of nitrogens with zero attached hydrogens (tertiary/aromatic N) is 1. The van der Waals surface area contributed by atoms with Gasteiger partial charge in [0.25, 0.3) is 5.91 Å². The SMILES string of the molecule is COc1ccc(OC)c([C@H]2CCCN2C(=O)COC(=O)c2ccc(F)cc2F)c1. The van der Waals surface area contributed by atoms with Gasteiger partial charge in [0.2, 0.25) is 0 Å². The first-order valence-electron chi connectivity index (χ1n) is 9.08. The molecule has 29 heavy (non-hydrogen) atoms. The van der Waals surface area contributed by atoms with Crippen LogP contribution in [0, 0.1) is 11.6 Å². The Balaban J connectivity index is 1.71. The lowest BCUT2D eigenvalue weighted by Gasteiger charge is -2.26. The van der Waals surface area contributed by atoms with Crippen LogP contribution in [0.3, 0.4) is 0 Å². The minimum absolute atomic E-state index is 0.256. The summed E-state index contributed by atoms with van der Waals surface area (Å²) >= 11 is 0. The quantitative estimate of drug-likeness (QED) is 0.689. The van der Waals surface area contributed by atoms with Crippen molar-refractivity contribution in [2.24, 2.45) is 0 Å². The second-order valence-corrected chi connectivity index (χ2v) is 6.55. The van der Waals surface area contributed by atoms with Crippen LogP contribution < -0.4 is 9.47 Å². The zero-order chi connectivity index (χ0) is 21.0. The first-order chi connectivity index (χ1) is 13.9. The van der Waals surface area contributed by atoms with E-state index >= 15 is 0 Å². The molecule has 0 radical (unpaired) electrons. The van der Waals surface area contributed by atoms with E-state index in [0.29, 0.717) is 24.1 Å². The maximum Gasteiger partial charge on any atom is 0.341 e. The summed E-state index contributed by atoms with van der Waals surface area (Å²) in [6, 6.07) is 7.62. The zero-order valence-corrected chi connectivity index (χ0v) is 16.1. The van der Waals surface area contributed by atoms with Gasteiger partial charge in [-0.3, -0.25) is 4.79 Å². The van der Waals surface area contributed by atoms with E-state index in [-0.39, 0.29) is 6.04 Å². The molecule has 1 fully saturated rings. The number of carbonyl (C=O) groups is 2. The van der Waals surface area contributed by atoms with Gasteiger partial charge in [0.1, 0.15) is 23.1 Å². The third kappa shape index (κ3) is 4.47. The zero-order valence-electron chi connectivity index (χ0n) is 16.1. The molecule has 1 atom stereocenters. The van der Waals surface area contributed by atoms with Crippen molar-refractivity contribution >= 4 is 11.9 Å². The van der Waals surface area contributed by atoms with Crippen LogP contribution in [0.4, 0.5) is 8.78 Å². The highest BCUT2D eigenvalue weighted by Crippen LogP contribution is 2.38. The molecule has 3 rings (SSSR count). The molecule has 1 aliphatic rings. The molecule has 0 bridgehead atoms. The van der Waals surface area contributed by atoms with E-state index in [1.54, 1.807) is 31.3 Å². The van der Waals surface area contributed by atoms with E-state index in [1.807, 2.05) is 6.07 Å². The number of benzene rings is 2. The summed E-state index contributed by atoms with van der Waals surface area (Å²) in [6.07, 6.45) is 1.49. The Labute approximate surface area is 167 Å². The van der Waals surface area contributed by atoms with Crippen LogP contribution in [-0.2, 0) is 9.53 Å². The lowest BCUT2D eigenvalue weighted by Crippen LogP contribution is -2.34. The van der Waals surface area contributed by atoms with Gasteiger partial charge in [0, 0.05) is 18.2 Å². The van der Waals surface area contributed by atoms with Gasteiger partial charge in [0.05, 0.1) is 25.8 Å². The summed E-state index contributed by atoms with van der Waals surface area (Å²) in [5.74, 6) is -2.01. The molecule has 1 amide bonds. The molecule has 8 heteroatoms. The topological polar surface area (TPSA) is 65.1 Å². The minimum Gasteiger partial charge on any atom is -0.497 e. The van der Waals surface area contributed by atoms with Crippen molar-refractivity contribution in [2.75, 3.05) is 27.4 Å². The average molecular weight is 405 g/mol. The highest BCUT2D eigenvalue weighted by atomic mass is 19.1. The van der Waals surface area contributed by atoms with E-state index in [4.69, 9.17) is 14.2 Å². The number of likely N-dealkylation sites (tertiary alicyclic amines) is 1. The first-order valence-corrected chi connectivity index (χ1v) is 9.08. The molecular formula is C21H21F2NO5. The van der Waals surface area contributed by atoms with E-state index < -0.39 is 35.7 Å². The molecule has 0 saturated carbocycles. The molecule has 0 unspecified atom stereocenters. The number of ether oxygens (including phenoxy) is 3. The fourth-order valence-electron chi connectivity index (χ4n) is 3.43. The number of methoxy groups -OCH3 is 2. The molecule has 154 valence electrons. The molecule has 0 aliphatic carbocycles. The van der Waals surface area contributed by atoms with Crippen molar-refractivity contribution in [3.05, 3.63) is 59.2 Å². The number of hydrogen-bond acceptors (Lipinski definition) is 5. The van der Waals surface area contributed by atoms with Crippen LogP contribution >= 0.6 is 0 Å². The van der Waals surface area contributed by atoms with Crippen molar-refractivity contribution in [2.45, 2.75) is 18.9 Å². The fraction of sp³-hybridized carbons (Fsp3) is 0.333. The highest BCUT2D eigenvalue weighted by Gasteiger charge is 2.32. The summed E-state index contributed by atoms with van der Waals surface area (Å²) in [4.78, 5) is 26.3. The van der Waals surface area contributed by atoms with Crippen LogP contribution in [0.15, 0.2) is 36.4 Å². The van der Waals surface area contributed by atoms with Gasteiger partial charge in [-0.25, -0.2) is 13.6 Å². The number of rotatable bonds is 6. The predicted molar refractivity (Wildman–Crippen MR) is 99.9 cm³/mol. The van der Waals surface area contributed by atoms with Crippen molar-refractivity contribution in [3.63, 3.8) is 0 Å². The molecule has 6 nitrogen and oxygen atoms in total. The van der Waals surface area contributed by atoms with E-state index in [2.05, 4.69) is 0 Å². The molecule has 0 spiro atoms. The van der Waals surface area contributed by atoms with E-state index in [9.17, 15) is 18.4 Å². The van der Waals surface area contributed by atoms with Crippen LogP contribution in [0.2, 0.25) is 0 Å². The summed E-state index contributed by atoms with van der Waals surface area (Å²) < 4.78 is 42.3. The molecule has 1 saturated heterocycles. The Bertz CT molecular complexity index is 918. The van der Waals surface area contributed by atoms with Crippen molar-refractivity contribution in [1.82, 2.24) is 4.90 Å². The third-order valence-electron chi connectivity index (χ3n) is 4.85. The average Bonchev–Trinajstić information content (AvgIpc) is 3.21. The standard InChI is InChI=1S/C21H21F2NO5/c1-27-14-6-8-19(28-2)16(11-14)18-4-3-9-24(18)20(25)12-29-21(26)15-7-5-13(22)10-17(15)23/h5-8,10-11,18H,3-4,9,12H2,1-2H3/t18-/m1/s1. The van der Waals surface area contributed by atoms with Gasteiger partial charge in [-0.15, -0.1) is 0 Å². The second-order valence-electron chi connectivity index (χ2n) is 6.55. The number of esters is 1. The second kappa shape index (κ2) is 8.89. The van der Waals surface area contributed by atoms with Crippen molar-refractivity contribution in [1.29, 1.82) is 0 Å². The number of halogens is 2. The van der Waals surface area contributed by atoms with Gasteiger partial charge >= 0.3 is 5.97 Å². The summed E-state index contributed by atoms with van der Waals surface area (Å²) in [5.41, 5.74) is 0.375. The molecule has 1 heterocycles. The summed E-state index contributed by atoms with van der Waals surface area (Å²) in [7, 11) is 3.10. The molecule has 0 N–H and O–H groups in total. The largest absolute Gasteiger partial charge is 0.497 e. The van der Waals surface area contributed by atoms with Crippen LogP contribution in [-0.4, -0.2) is 44.1 Å². The Morgan fingerprint density at radius 1 is 1.10 bits per heavy atom. The van der Waals surface area contributed by atoms with Crippen LogP contribution in [0.25, 0.3) is 0 Å². The van der Waals surface area contributed by atoms with Crippen molar-refractivity contribution in [3.8, 4) is 11.5 Å². The first kappa shape index (κ1) is 20.6. The summed E-state index contributed by atoms with van der Waals surface area (Å²) in [5, 5.41) is 0. The Morgan fingerprint density at radius 2 is 1.90 bits per heavy atom. The molecular weight excluding hydrogens is 384 g/mol. The Hall–Kier alpha value is -3.16. The lowest BCUT2D eigenvalue weighted by atomic mass is 10.0. The third-order valence-corrected chi connectivity index (χ3v) is 4.85.